The molecule has 0 fully saturated rings. The van der Waals surface area contributed by atoms with Crippen LogP contribution in [0.2, 0.25) is 0 Å². The van der Waals surface area contributed by atoms with Crippen molar-refractivity contribution in [2.45, 2.75) is 26.1 Å². The standard InChI is InChI=1S/C22H19FN2O3S2/c23-16-5-7-18(8-6-16)28-14-21-24-17(15-30-21)11-22(26)25(12-19-3-1-9-27-19)13-20-4-2-10-29-20/h1-10,15H,11-14H2. The first-order chi connectivity index (χ1) is 14.7. The number of furan rings is 1. The highest BCUT2D eigenvalue weighted by atomic mass is 32.1. The molecule has 0 bridgehead atoms. The molecule has 0 aliphatic heterocycles. The van der Waals surface area contributed by atoms with Crippen LogP contribution in [-0.4, -0.2) is 15.8 Å². The lowest BCUT2D eigenvalue weighted by atomic mass is 10.2. The number of nitrogens with zero attached hydrogens (tertiary/aromatic N) is 2. The topological polar surface area (TPSA) is 55.6 Å². The number of rotatable bonds is 9. The van der Waals surface area contributed by atoms with Crippen LogP contribution in [-0.2, 0) is 30.9 Å². The number of thiophene rings is 1. The molecule has 0 aliphatic rings. The van der Waals surface area contributed by atoms with Crippen LogP contribution >= 0.6 is 22.7 Å². The number of ether oxygens (including phenoxy) is 1. The summed E-state index contributed by atoms with van der Waals surface area (Å²) in [5.74, 6) is 0.992. The molecule has 0 saturated carbocycles. The van der Waals surface area contributed by atoms with Gasteiger partial charge in [-0.3, -0.25) is 4.79 Å². The van der Waals surface area contributed by atoms with Gasteiger partial charge >= 0.3 is 0 Å². The summed E-state index contributed by atoms with van der Waals surface area (Å²) >= 11 is 3.06. The summed E-state index contributed by atoms with van der Waals surface area (Å²) < 4.78 is 24.0. The van der Waals surface area contributed by atoms with Crippen LogP contribution in [0.4, 0.5) is 4.39 Å². The van der Waals surface area contributed by atoms with Gasteiger partial charge in [0.05, 0.1) is 31.5 Å². The number of thiazole rings is 1. The average molecular weight is 443 g/mol. The lowest BCUT2D eigenvalue weighted by Crippen LogP contribution is -2.31. The molecule has 4 aromatic rings. The summed E-state index contributed by atoms with van der Waals surface area (Å²) in [7, 11) is 0. The fourth-order valence-electron chi connectivity index (χ4n) is 2.85. The molecule has 3 heterocycles. The van der Waals surface area contributed by atoms with Crippen molar-refractivity contribution in [3.8, 4) is 5.75 Å². The summed E-state index contributed by atoms with van der Waals surface area (Å²) in [5.41, 5.74) is 0.707. The first-order valence-corrected chi connectivity index (χ1v) is 11.1. The van der Waals surface area contributed by atoms with Gasteiger partial charge in [0.1, 0.15) is 28.9 Å². The molecule has 8 heteroatoms. The van der Waals surface area contributed by atoms with Gasteiger partial charge in [-0.25, -0.2) is 9.37 Å². The Labute approximate surface area is 181 Å². The highest BCUT2D eigenvalue weighted by molar-refractivity contribution is 7.10. The van der Waals surface area contributed by atoms with Crippen molar-refractivity contribution in [3.63, 3.8) is 0 Å². The maximum absolute atomic E-state index is 13.0. The van der Waals surface area contributed by atoms with Crippen molar-refractivity contribution in [1.29, 1.82) is 0 Å². The highest BCUT2D eigenvalue weighted by Crippen LogP contribution is 2.19. The Morgan fingerprint density at radius 3 is 2.70 bits per heavy atom. The normalized spacial score (nSPS) is 10.8. The molecule has 0 saturated heterocycles. The Balaban J connectivity index is 1.37. The van der Waals surface area contributed by atoms with E-state index in [2.05, 4.69) is 4.98 Å². The minimum atomic E-state index is -0.306. The van der Waals surface area contributed by atoms with E-state index in [1.165, 1.54) is 23.5 Å². The van der Waals surface area contributed by atoms with E-state index in [9.17, 15) is 9.18 Å². The molecule has 0 spiro atoms. The molecule has 0 unspecified atom stereocenters. The molecule has 30 heavy (non-hydrogen) atoms. The van der Waals surface area contributed by atoms with Gasteiger partial charge in [-0.2, -0.15) is 0 Å². The number of benzene rings is 1. The van der Waals surface area contributed by atoms with Crippen molar-refractivity contribution < 1.29 is 18.3 Å². The first kappa shape index (κ1) is 20.3. The first-order valence-electron chi connectivity index (χ1n) is 9.30. The Hall–Kier alpha value is -2.97. The second-order valence-electron chi connectivity index (χ2n) is 6.56. The largest absolute Gasteiger partial charge is 0.486 e. The van der Waals surface area contributed by atoms with Gasteiger partial charge < -0.3 is 14.1 Å². The quantitative estimate of drug-likeness (QED) is 0.354. The van der Waals surface area contributed by atoms with Crippen LogP contribution in [0, 0.1) is 5.82 Å². The van der Waals surface area contributed by atoms with Gasteiger partial charge in [0, 0.05) is 10.3 Å². The predicted octanol–water partition coefficient (Wildman–Crippen LogP) is 5.29. The molecule has 0 N–H and O–H groups in total. The van der Waals surface area contributed by atoms with E-state index in [0.717, 1.165) is 15.6 Å². The zero-order chi connectivity index (χ0) is 20.8. The molecule has 154 valence electrons. The lowest BCUT2D eigenvalue weighted by Gasteiger charge is -2.20. The van der Waals surface area contributed by atoms with Crippen molar-refractivity contribution in [3.05, 3.63) is 92.7 Å². The lowest BCUT2D eigenvalue weighted by molar-refractivity contribution is -0.132. The Kier molecular flexibility index (Phi) is 6.56. The van der Waals surface area contributed by atoms with Crippen LogP contribution in [0.1, 0.15) is 21.3 Å². The molecule has 1 aromatic carbocycles. The van der Waals surface area contributed by atoms with Gasteiger partial charge in [-0.15, -0.1) is 22.7 Å². The minimum Gasteiger partial charge on any atom is -0.486 e. The molecule has 3 aromatic heterocycles. The van der Waals surface area contributed by atoms with Gasteiger partial charge in [-0.05, 0) is 47.8 Å². The van der Waals surface area contributed by atoms with Gasteiger partial charge in [0.25, 0.3) is 0 Å². The van der Waals surface area contributed by atoms with E-state index in [4.69, 9.17) is 9.15 Å². The summed E-state index contributed by atoms with van der Waals surface area (Å²) in [6, 6.07) is 13.5. The molecule has 5 nitrogen and oxygen atoms in total. The van der Waals surface area contributed by atoms with Crippen LogP contribution in [0.15, 0.2) is 70.0 Å². The summed E-state index contributed by atoms with van der Waals surface area (Å²) in [6.45, 7) is 1.21. The van der Waals surface area contributed by atoms with Crippen molar-refractivity contribution in [1.82, 2.24) is 9.88 Å². The van der Waals surface area contributed by atoms with E-state index in [1.54, 1.807) is 34.6 Å². The predicted molar refractivity (Wildman–Crippen MR) is 114 cm³/mol. The number of aromatic nitrogens is 1. The second-order valence-corrected chi connectivity index (χ2v) is 8.54. The highest BCUT2D eigenvalue weighted by Gasteiger charge is 2.18. The molecule has 1 amide bonds. The zero-order valence-corrected chi connectivity index (χ0v) is 17.6. The van der Waals surface area contributed by atoms with Gasteiger partial charge in [-0.1, -0.05) is 6.07 Å². The van der Waals surface area contributed by atoms with E-state index in [1.807, 2.05) is 35.0 Å². The average Bonchev–Trinajstić information content (AvgIpc) is 3.51. The third kappa shape index (κ3) is 5.55. The second kappa shape index (κ2) is 9.69. The van der Waals surface area contributed by atoms with E-state index in [-0.39, 0.29) is 24.8 Å². The fourth-order valence-corrected chi connectivity index (χ4v) is 4.28. The van der Waals surface area contributed by atoms with Crippen molar-refractivity contribution in [2.24, 2.45) is 0 Å². The maximum Gasteiger partial charge on any atom is 0.229 e. The summed E-state index contributed by atoms with van der Waals surface area (Å²) in [4.78, 5) is 20.4. The number of halogens is 1. The van der Waals surface area contributed by atoms with Crippen molar-refractivity contribution >= 4 is 28.6 Å². The maximum atomic E-state index is 13.0. The minimum absolute atomic E-state index is 0.0175. The van der Waals surface area contributed by atoms with Gasteiger partial charge in [0.15, 0.2) is 0 Å². The molecular formula is C22H19FN2O3S2. The Morgan fingerprint density at radius 2 is 1.97 bits per heavy atom. The third-order valence-electron chi connectivity index (χ3n) is 4.31. The summed E-state index contributed by atoms with van der Waals surface area (Å²) in [5, 5.41) is 4.63. The van der Waals surface area contributed by atoms with E-state index in [0.29, 0.717) is 24.5 Å². The van der Waals surface area contributed by atoms with Crippen LogP contribution in [0.25, 0.3) is 0 Å². The molecule has 0 atom stereocenters. The summed E-state index contributed by atoms with van der Waals surface area (Å²) in [6.07, 6.45) is 1.82. The molecule has 0 radical (unpaired) electrons. The number of carbonyl (C=O) groups excluding carboxylic acids is 1. The number of amides is 1. The monoisotopic (exact) mass is 442 g/mol. The van der Waals surface area contributed by atoms with Crippen LogP contribution in [0.3, 0.4) is 0 Å². The Morgan fingerprint density at radius 1 is 1.10 bits per heavy atom. The molecule has 4 rings (SSSR count). The smallest absolute Gasteiger partial charge is 0.229 e. The van der Waals surface area contributed by atoms with Crippen molar-refractivity contribution in [2.75, 3.05) is 0 Å². The van der Waals surface area contributed by atoms with Crippen LogP contribution < -0.4 is 4.74 Å². The molecule has 0 aliphatic carbocycles. The molecular weight excluding hydrogens is 423 g/mol. The zero-order valence-electron chi connectivity index (χ0n) is 16.0. The SMILES string of the molecule is O=C(Cc1csc(COc2ccc(F)cc2)n1)N(Cc1ccco1)Cc1cccs1. The van der Waals surface area contributed by atoms with E-state index < -0.39 is 0 Å². The number of hydrogen-bond acceptors (Lipinski definition) is 6. The number of carbonyl (C=O) groups is 1. The van der Waals surface area contributed by atoms with E-state index >= 15 is 0 Å². The Bertz CT molecular complexity index is 1020. The third-order valence-corrected chi connectivity index (χ3v) is 6.05. The van der Waals surface area contributed by atoms with Crippen LogP contribution in [0.5, 0.6) is 5.75 Å². The van der Waals surface area contributed by atoms with Gasteiger partial charge in [0.2, 0.25) is 5.91 Å². The fraction of sp³-hybridized carbons (Fsp3) is 0.182. The number of hydrogen-bond donors (Lipinski definition) is 0.